The third-order valence-corrected chi connectivity index (χ3v) is 9.41. The number of hydrogen-bond acceptors (Lipinski definition) is 6. The highest BCUT2D eigenvalue weighted by atomic mass is 35.5. The number of oxazole rings is 1. The maximum Gasteiger partial charge on any atom is 0.299 e. The van der Waals surface area contributed by atoms with E-state index in [9.17, 15) is 13.9 Å². The average Bonchev–Trinajstić information content (AvgIpc) is 3.47. The second kappa shape index (κ2) is 10.4. The van der Waals surface area contributed by atoms with Crippen LogP contribution in [-0.2, 0) is 5.41 Å². The minimum Gasteiger partial charge on any atom is -0.422 e. The summed E-state index contributed by atoms with van der Waals surface area (Å²) in [7, 11) is 0. The van der Waals surface area contributed by atoms with Crippen LogP contribution < -0.4 is 10.2 Å². The molecular weight excluding hydrogens is 522 g/mol. The molecule has 3 aliphatic rings. The molecule has 3 aromatic rings. The van der Waals surface area contributed by atoms with Crippen LogP contribution in [0.15, 0.2) is 40.8 Å². The van der Waals surface area contributed by atoms with Crippen molar-refractivity contribution in [2.45, 2.75) is 44.6 Å². The molecule has 0 amide bonds. The zero-order valence-corrected chi connectivity index (χ0v) is 23.1. The van der Waals surface area contributed by atoms with Crippen LogP contribution in [0.4, 0.5) is 20.5 Å². The predicted octanol–water partition coefficient (Wildman–Crippen LogP) is 5.86. The molecule has 3 atom stereocenters. The van der Waals surface area contributed by atoms with Gasteiger partial charge in [-0.2, -0.15) is 4.98 Å². The Balaban J connectivity index is 1.04. The summed E-state index contributed by atoms with van der Waals surface area (Å²) in [5, 5.41) is 14.9. The first-order valence-corrected chi connectivity index (χ1v) is 14.2. The van der Waals surface area contributed by atoms with E-state index >= 15 is 0 Å². The van der Waals surface area contributed by atoms with E-state index in [0.717, 1.165) is 45.0 Å². The Bertz CT molecular complexity index is 1340. The van der Waals surface area contributed by atoms with Crippen molar-refractivity contribution in [3.63, 3.8) is 0 Å². The second-order valence-corrected chi connectivity index (χ2v) is 12.0. The average molecular weight is 557 g/mol. The highest BCUT2D eigenvalue weighted by Gasteiger charge is 2.46. The topological polar surface area (TPSA) is 64.8 Å². The number of anilines is 2. The summed E-state index contributed by atoms with van der Waals surface area (Å²) in [6, 6.07) is 10.3. The fourth-order valence-electron chi connectivity index (χ4n) is 6.85. The second-order valence-electron chi connectivity index (χ2n) is 11.6. The molecule has 4 heterocycles. The molecule has 2 aromatic carbocycles. The van der Waals surface area contributed by atoms with Crippen molar-refractivity contribution in [3.05, 3.63) is 64.3 Å². The molecule has 9 heteroatoms. The van der Waals surface area contributed by atoms with Crippen LogP contribution in [0.3, 0.4) is 0 Å². The third kappa shape index (κ3) is 5.03. The van der Waals surface area contributed by atoms with Crippen LogP contribution in [0.1, 0.15) is 37.3 Å². The minimum atomic E-state index is -0.702. The van der Waals surface area contributed by atoms with Gasteiger partial charge in [-0.1, -0.05) is 30.7 Å². The van der Waals surface area contributed by atoms with E-state index in [1.54, 1.807) is 0 Å². The summed E-state index contributed by atoms with van der Waals surface area (Å²) >= 11 is 6.26. The number of likely N-dealkylation sites (tertiary alicyclic amines) is 1. The van der Waals surface area contributed by atoms with Gasteiger partial charge in [0.1, 0.15) is 11.6 Å². The quantitative estimate of drug-likeness (QED) is 0.410. The number of halogens is 3. The molecular formula is C30H35ClF2N4O2. The van der Waals surface area contributed by atoms with Crippen LogP contribution in [-0.4, -0.2) is 60.4 Å². The highest BCUT2D eigenvalue weighted by molar-refractivity contribution is 6.31. The normalized spacial score (nSPS) is 24.7. The molecule has 0 radical (unpaired) electrons. The van der Waals surface area contributed by atoms with E-state index in [1.165, 1.54) is 28.9 Å². The fraction of sp³-hybridized carbons (Fsp3) is 0.500. The Morgan fingerprint density at radius 2 is 1.90 bits per heavy atom. The lowest BCUT2D eigenvalue weighted by atomic mass is 9.67. The smallest absolute Gasteiger partial charge is 0.299 e. The van der Waals surface area contributed by atoms with Gasteiger partial charge in [0.05, 0.1) is 6.10 Å². The van der Waals surface area contributed by atoms with E-state index in [1.807, 2.05) is 4.90 Å². The first-order chi connectivity index (χ1) is 18.7. The monoisotopic (exact) mass is 556 g/mol. The van der Waals surface area contributed by atoms with Gasteiger partial charge in [-0.15, -0.1) is 0 Å². The maximum atomic E-state index is 13.7. The zero-order chi connectivity index (χ0) is 27.3. The van der Waals surface area contributed by atoms with Crippen molar-refractivity contribution >= 4 is 23.3 Å². The lowest BCUT2D eigenvalue weighted by molar-refractivity contribution is 0.0242. The SMILES string of the molecule is Cc1ccc2c(c1)NCC21CCN(CC(O)C2CCN(c3nc(Cl)c(-c4cc(F)cc(F)c4)o3)CC2)CC1C. The Morgan fingerprint density at radius 3 is 2.62 bits per heavy atom. The number of nitrogens with zero attached hydrogens (tertiary/aromatic N) is 3. The van der Waals surface area contributed by atoms with E-state index in [0.29, 0.717) is 31.6 Å². The van der Waals surface area contributed by atoms with Crippen LogP contribution in [0.2, 0.25) is 5.15 Å². The summed E-state index contributed by atoms with van der Waals surface area (Å²) in [5.74, 6) is -0.572. The van der Waals surface area contributed by atoms with Gasteiger partial charge < -0.3 is 24.6 Å². The van der Waals surface area contributed by atoms with Crippen molar-refractivity contribution in [2.24, 2.45) is 11.8 Å². The zero-order valence-electron chi connectivity index (χ0n) is 22.4. The van der Waals surface area contributed by atoms with E-state index in [-0.39, 0.29) is 27.8 Å². The number of aliphatic hydroxyl groups excluding tert-OH is 1. The van der Waals surface area contributed by atoms with Gasteiger partial charge in [0.25, 0.3) is 6.01 Å². The van der Waals surface area contributed by atoms with Gasteiger partial charge in [-0.3, -0.25) is 0 Å². The molecule has 2 N–H and O–H groups in total. The maximum absolute atomic E-state index is 13.7. The summed E-state index contributed by atoms with van der Waals surface area (Å²) in [6.45, 7) is 9.44. The van der Waals surface area contributed by atoms with Crippen LogP contribution in [0.25, 0.3) is 11.3 Å². The fourth-order valence-corrected chi connectivity index (χ4v) is 7.07. The number of aryl methyl sites for hydroxylation is 1. The van der Waals surface area contributed by atoms with E-state index in [4.69, 9.17) is 16.0 Å². The number of β-amino-alcohol motifs (C(OH)–C–C–N with tert-alkyl or cyclic N) is 1. The number of hydrogen-bond donors (Lipinski definition) is 2. The first-order valence-electron chi connectivity index (χ1n) is 13.8. The number of aliphatic hydroxyl groups is 1. The molecule has 6 rings (SSSR count). The molecule has 3 aliphatic heterocycles. The Hall–Kier alpha value is -2.68. The largest absolute Gasteiger partial charge is 0.422 e. The van der Waals surface area contributed by atoms with Crippen molar-refractivity contribution in [1.82, 2.24) is 9.88 Å². The Morgan fingerprint density at radius 1 is 1.15 bits per heavy atom. The van der Waals surface area contributed by atoms with Crippen LogP contribution in [0.5, 0.6) is 0 Å². The molecule has 2 fully saturated rings. The summed E-state index contributed by atoms with van der Waals surface area (Å²) in [6.07, 6.45) is 2.29. The number of fused-ring (bicyclic) bond motifs is 2. The Kier molecular flexibility index (Phi) is 7.06. The molecule has 0 saturated carbocycles. The number of piperidine rings is 2. The van der Waals surface area contributed by atoms with Gasteiger partial charge in [-0.05, 0) is 73.9 Å². The van der Waals surface area contributed by atoms with Crippen molar-refractivity contribution in [1.29, 1.82) is 0 Å². The minimum absolute atomic E-state index is 0.0735. The molecule has 1 spiro atoms. The number of benzene rings is 2. The molecule has 6 nitrogen and oxygen atoms in total. The number of rotatable bonds is 5. The molecule has 1 aromatic heterocycles. The van der Waals surface area contributed by atoms with E-state index < -0.39 is 17.7 Å². The van der Waals surface area contributed by atoms with Crippen LogP contribution in [0, 0.1) is 30.4 Å². The van der Waals surface area contributed by atoms with Crippen LogP contribution >= 0.6 is 11.6 Å². The summed E-state index contributed by atoms with van der Waals surface area (Å²) < 4.78 is 33.2. The molecule has 0 bridgehead atoms. The van der Waals surface area contributed by atoms with Gasteiger partial charge in [-0.25, -0.2) is 8.78 Å². The number of aromatic nitrogens is 1. The molecule has 0 aliphatic carbocycles. The van der Waals surface area contributed by atoms with Gasteiger partial charge in [0.2, 0.25) is 0 Å². The molecule has 208 valence electrons. The molecule has 39 heavy (non-hydrogen) atoms. The molecule has 3 unspecified atom stereocenters. The first kappa shape index (κ1) is 26.5. The molecule has 2 saturated heterocycles. The highest BCUT2D eigenvalue weighted by Crippen LogP contribution is 2.47. The summed E-state index contributed by atoms with van der Waals surface area (Å²) in [4.78, 5) is 8.71. The number of nitrogens with one attached hydrogen (secondary N) is 1. The van der Waals surface area contributed by atoms with Crippen molar-refractivity contribution < 1.29 is 18.3 Å². The predicted molar refractivity (Wildman–Crippen MR) is 149 cm³/mol. The third-order valence-electron chi connectivity index (χ3n) is 9.15. The van der Waals surface area contributed by atoms with Gasteiger partial charge in [0.15, 0.2) is 10.9 Å². The van der Waals surface area contributed by atoms with E-state index in [2.05, 4.69) is 47.2 Å². The Labute approximate surface area is 233 Å². The lowest BCUT2D eigenvalue weighted by Crippen LogP contribution is -2.52. The van der Waals surface area contributed by atoms with Crippen molar-refractivity contribution in [3.8, 4) is 11.3 Å². The summed E-state index contributed by atoms with van der Waals surface area (Å²) in [5.41, 5.74) is 4.40. The standard InChI is InChI=1S/C30H35ClF2N4O2/c1-18-3-4-24-25(11-18)34-17-30(24)7-10-36(15-19(30)2)16-26(38)20-5-8-37(9-6-20)29-35-28(31)27(39-29)21-12-22(32)14-23(33)13-21/h3-4,11-14,19-20,26,34,38H,5-10,15-17H2,1-2H3. The van der Waals surface area contributed by atoms with Gasteiger partial charge in [0, 0.05) is 55.5 Å². The van der Waals surface area contributed by atoms with Gasteiger partial charge >= 0.3 is 0 Å². The lowest BCUT2D eigenvalue weighted by Gasteiger charge is -2.46. The van der Waals surface area contributed by atoms with Crippen molar-refractivity contribution in [2.75, 3.05) is 49.5 Å².